The van der Waals surface area contributed by atoms with Crippen molar-refractivity contribution in [1.82, 2.24) is 4.98 Å². The largest absolute Gasteiger partial charge is 0.454 e. The molecule has 0 aliphatic carbocycles. The fourth-order valence-electron chi connectivity index (χ4n) is 2.67. The van der Waals surface area contributed by atoms with Crippen LogP contribution in [0.15, 0.2) is 6.07 Å². The Morgan fingerprint density at radius 1 is 1.17 bits per heavy atom. The van der Waals surface area contributed by atoms with E-state index in [1.165, 1.54) is 18.3 Å². The van der Waals surface area contributed by atoms with Crippen molar-refractivity contribution in [2.75, 3.05) is 6.61 Å². The summed E-state index contributed by atoms with van der Waals surface area (Å²) in [6, 6.07) is 1.75. The number of Topliss-reactive ketones (excluding diaryl/α,β-unsaturated/α-hetero) is 2. The highest BCUT2D eigenvalue weighted by Gasteiger charge is 2.21. The lowest BCUT2D eigenvalue weighted by molar-refractivity contribution is 0.0473. The van der Waals surface area contributed by atoms with Crippen molar-refractivity contribution in [1.29, 1.82) is 0 Å². The fraction of sp³-hybridized carbons (Fsp3) is 0.353. The van der Waals surface area contributed by atoms with Gasteiger partial charge in [-0.2, -0.15) is 0 Å². The summed E-state index contributed by atoms with van der Waals surface area (Å²) in [5.41, 5.74) is 2.57. The lowest BCUT2D eigenvalue weighted by Gasteiger charge is -2.04. The molecule has 0 saturated heterocycles. The lowest BCUT2D eigenvalue weighted by atomic mass is 10.1. The number of ketones is 2. The van der Waals surface area contributed by atoms with Gasteiger partial charge in [0.1, 0.15) is 0 Å². The molecule has 2 heterocycles. The van der Waals surface area contributed by atoms with E-state index in [1.807, 2.05) is 13.8 Å². The molecule has 0 aliphatic heterocycles. The molecular formula is C17H19NO4S. The fourth-order valence-corrected chi connectivity index (χ4v) is 3.58. The maximum absolute atomic E-state index is 12.3. The molecule has 122 valence electrons. The number of thiophene rings is 1. The predicted octanol–water partition coefficient (Wildman–Crippen LogP) is 3.55. The van der Waals surface area contributed by atoms with E-state index in [2.05, 4.69) is 4.98 Å². The molecule has 0 saturated carbocycles. The van der Waals surface area contributed by atoms with Crippen molar-refractivity contribution in [3.63, 3.8) is 0 Å². The Labute approximate surface area is 138 Å². The van der Waals surface area contributed by atoms with Crippen molar-refractivity contribution < 1.29 is 19.1 Å². The van der Waals surface area contributed by atoms with Crippen LogP contribution in [-0.4, -0.2) is 29.1 Å². The summed E-state index contributed by atoms with van der Waals surface area (Å²) in [7, 11) is 0. The number of esters is 1. The standard InChI is InChI=1S/C17H19NO4S/c1-8-6-13(12(5)23-8)17(21)22-7-14(20)16-9(2)15(11(4)19)10(3)18-16/h6,18H,7H2,1-5H3. The van der Waals surface area contributed by atoms with Gasteiger partial charge in [0.15, 0.2) is 12.4 Å². The number of hydrogen-bond acceptors (Lipinski definition) is 5. The molecule has 23 heavy (non-hydrogen) atoms. The zero-order valence-corrected chi connectivity index (χ0v) is 14.6. The van der Waals surface area contributed by atoms with Crippen molar-refractivity contribution in [3.8, 4) is 0 Å². The average molecular weight is 333 g/mol. The summed E-state index contributed by atoms with van der Waals surface area (Å²) in [5.74, 6) is -0.958. The number of carbonyl (C=O) groups is 3. The molecule has 6 heteroatoms. The maximum atomic E-state index is 12.3. The Balaban J connectivity index is 2.11. The van der Waals surface area contributed by atoms with E-state index in [0.29, 0.717) is 28.1 Å². The van der Waals surface area contributed by atoms with Crippen LogP contribution in [0.25, 0.3) is 0 Å². The predicted molar refractivity (Wildman–Crippen MR) is 88.7 cm³/mol. The van der Waals surface area contributed by atoms with Crippen LogP contribution in [0.3, 0.4) is 0 Å². The molecule has 2 rings (SSSR count). The molecule has 5 nitrogen and oxygen atoms in total. The number of nitrogens with one attached hydrogen (secondary N) is 1. The monoisotopic (exact) mass is 333 g/mol. The first-order chi connectivity index (χ1) is 10.7. The summed E-state index contributed by atoms with van der Waals surface area (Å²) in [5, 5.41) is 0. The van der Waals surface area contributed by atoms with Gasteiger partial charge in [-0.05, 0) is 46.2 Å². The third-order valence-electron chi connectivity index (χ3n) is 3.66. The Hall–Kier alpha value is -2.21. The molecule has 2 aromatic rings. The van der Waals surface area contributed by atoms with E-state index >= 15 is 0 Å². The van der Waals surface area contributed by atoms with Gasteiger partial charge in [0, 0.05) is 21.0 Å². The summed E-state index contributed by atoms with van der Waals surface area (Å²) >= 11 is 1.51. The minimum atomic E-state index is -0.507. The quantitative estimate of drug-likeness (QED) is 0.670. The van der Waals surface area contributed by atoms with Crippen LogP contribution >= 0.6 is 11.3 Å². The maximum Gasteiger partial charge on any atom is 0.339 e. The first-order valence-electron chi connectivity index (χ1n) is 7.19. The van der Waals surface area contributed by atoms with Crippen molar-refractivity contribution in [2.45, 2.75) is 34.6 Å². The first-order valence-corrected chi connectivity index (χ1v) is 8.01. The van der Waals surface area contributed by atoms with Crippen LogP contribution in [0.4, 0.5) is 0 Å². The lowest BCUT2D eigenvalue weighted by Crippen LogP contribution is -2.15. The molecule has 0 amide bonds. The second kappa shape index (κ2) is 6.50. The van der Waals surface area contributed by atoms with Crippen LogP contribution in [0.2, 0.25) is 0 Å². The molecule has 0 fully saturated rings. The topological polar surface area (TPSA) is 76.2 Å². The number of rotatable bonds is 5. The van der Waals surface area contributed by atoms with E-state index < -0.39 is 5.97 Å². The average Bonchev–Trinajstić information content (AvgIpc) is 2.94. The SMILES string of the molecule is CC(=O)c1c(C)[nH]c(C(=O)COC(=O)c2cc(C)sc2C)c1C. The van der Waals surface area contributed by atoms with Crippen LogP contribution in [0, 0.1) is 27.7 Å². The molecular weight excluding hydrogens is 314 g/mol. The van der Waals surface area contributed by atoms with Gasteiger partial charge < -0.3 is 9.72 Å². The highest BCUT2D eigenvalue weighted by Crippen LogP contribution is 2.22. The number of ether oxygens (including phenoxy) is 1. The molecule has 0 aliphatic rings. The van der Waals surface area contributed by atoms with E-state index in [-0.39, 0.29) is 18.2 Å². The third kappa shape index (κ3) is 3.42. The number of aromatic amines is 1. The minimum Gasteiger partial charge on any atom is -0.454 e. The third-order valence-corrected chi connectivity index (χ3v) is 4.63. The number of hydrogen-bond donors (Lipinski definition) is 1. The highest BCUT2D eigenvalue weighted by molar-refractivity contribution is 7.12. The zero-order chi connectivity index (χ0) is 17.3. The van der Waals surface area contributed by atoms with Gasteiger partial charge in [-0.25, -0.2) is 4.79 Å². The van der Waals surface area contributed by atoms with E-state index in [1.54, 1.807) is 19.9 Å². The van der Waals surface area contributed by atoms with E-state index in [0.717, 1.165) is 9.75 Å². The van der Waals surface area contributed by atoms with Crippen LogP contribution in [-0.2, 0) is 4.74 Å². The molecule has 0 radical (unpaired) electrons. The van der Waals surface area contributed by atoms with Gasteiger partial charge in [0.2, 0.25) is 5.78 Å². The Morgan fingerprint density at radius 3 is 2.30 bits per heavy atom. The van der Waals surface area contributed by atoms with Crippen molar-refractivity contribution in [3.05, 3.63) is 43.9 Å². The number of aromatic nitrogens is 1. The zero-order valence-electron chi connectivity index (χ0n) is 13.8. The summed E-state index contributed by atoms with van der Waals surface area (Å²) in [6.45, 7) is 8.30. The molecule has 2 aromatic heterocycles. The molecule has 1 N–H and O–H groups in total. The first kappa shape index (κ1) is 17.1. The van der Waals surface area contributed by atoms with Crippen LogP contribution in [0.1, 0.15) is 59.1 Å². The van der Waals surface area contributed by atoms with Gasteiger partial charge in [-0.1, -0.05) is 0 Å². The molecule has 0 atom stereocenters. The van der Waals surface area contributed by atoms with Crippen LogP contribution in [0.5, 0.6) is 0 Å². The second-order valence-electron chi connectivity index (χ2n) is 5.51. The Bertz CT molecular complexity index is 798. The summed E-state index contributed by atoms with van der Waals surface area (Å²) in [6.07, 6.45) is 0. The van der Waals surface area contributed by atoms with Gasteiger partial charge in [-0.15, -0.1) is 11.3 Å². The van der Waals surface area contributed by atoms with Crippen molar-refractivity contribution in [2.24, 2.45) is 0 Å². The van der Waals surface area contributed by atoms with Gasteiger partial charge in [0.05, 0.1) is 11.3 Å². The highest BCUT2D eigenvalue weighted by atomic mass is 32.1. The molecule has 0 bridgehead atoms. The van der Waals surface area contributed by atoms with Gasteiger partial charge >= 0.3 is 5.97 Å². The van der Waals surface area contributed by atoms with Crippen LogP contribution < -0.4 is 0 Å². The molecule has 0 unspecified atom stereocenters. The number of aryl methyl sites for hydroxylation is 3. The molecule has 0 aromatic carbocycles. The van der Waals surface area contributed by atoms with Crippen molar-refractivity contribution >= 4 is 28.9 Å². The Kier molecular flexibility index (Phi) is 4.85. The smallest absolute Gasteiger partial charge is 0.339 e. The van der Waals surface area contributed by atoms with E-state index in [4.69, 9.17) is 4.74 Å². The summed E-state index contributed by atoms with van der Waals surface area (Å²) in [4.78, 5) is 40.7. The summed E-state index contributed by atoms with van der Waals surface area (Å²) < 4.78 is 5.12. The van der Waals surface area contributed by atoms with Gasteiger partial charge in [0.25, 0.3) is 0 Å². The normalized spacial score (nSPS) is 10.7. The van der Waals surface area contributed by atoms with E-state index in [9.17, 15) is 14.4 Å². The van der Waals surface area contributed by atoms with Gasteiger partial charge in [-0.3, -0.25) is 9.59 Å². The molecule has 0 spiro atoms. The minimum absolute atomic E-state index is 0.100. The number of carbonyl (C=O) groups excluding carboxylic acids is 3. The second-order valence-corrected chi connectivity index (χ2v) is 6.97. The Morgan fingerprint density at radius 2 is 1.83 bits per heavy atom. The number of H-pyrrole nitrogens is 1.